The fourth-order valence-corrected chi connectivity index (χ4v) is 3.27. The lowest BCUT2D eigenvalue weighted by atomic mass is 10.2. The standard InChI is InChI=1S/C14H14BrNO2S/c1-8-5-11(19-9(8)2)7-16-10-3-4-12(14(17)18)13(15)6-10/h3-6,16H,7H2,1-2H3,(H,17,18). The Hall–Kier alpha value is -1.33. The number of benzene rings is 1. The predicted octanol–water partition coefficient (Wildman–Crippen LogP) is 4.44. The maximum absolute atomic E-state index is 10.9. The molecule has 0 aliphatic carbocycles. The van der Waals surface area contributed by atoms with Crippen molar-refractivity contribution in [3.05, 3.63) is 49.6 Å². The second-order valence-electron chi connectivity index (χ2n) is 4.31. The largest absolute Gasteiger partial charge is 0.478 e. The van der Waals surface area contributed by atoms with Gasteiger partial charge >= 0.3 is 5.97 Å². The highest BCUT2D eigenvalue weighted by molar-refractivity contribution is 9.10. The van der Waals surface area contributed by atoms with E-state index in [-0.39, 0.29) is 5.56 Å². The molecule has 19 heavy (non-hydrogen) atoms. The van der Waals surface area contributed by atoms with Crippen molar-refractivity contribution in [3.8, 4) is 0 Å². The third kappa shape index (κ3) is 3.36. The molecule has 0 bridgehead atoms. The Morgan fingerprint density at radius 1 is 1.37 bits per heavy atom. The highest BCUT2D eigenvalue weighted by Crippen LogP contribution is 2.24. The summed E-state index contributed by atoms with van der Waals surface area (Å²) in [6, 6.07) is 7.34. The van der Waals surface area contributed by atoms with Gasteiger partial charge in [0, 0.05) is 26.5 Å². The Bertz CT molecular complexity index is 602. The monoisotopic (exact) mass is 339 g/mol. The van der Waals surface area contributed by atoms with Crippen molar-refractivity contribution in [2.45, 2.75) is 20.4 Å². The van der Waals surface area contributed by atoms with Crippen molar-refractivity contribution in [2.75, 3.05) is 5.32 Å². The zero-order valence-electron chi connectivity index (χ0n) is 10.7. The van der Waals surface area contributed by atoms with Gasteiger partial charge in [0.1, 0.15) is 0 Å². The van der Waals surface area contributed by atoms with E-state index in [1.54, 1.807) is 29.5 Å². The van der Waals surface area contributed by atoms with Crippen LogP contribution in [0.15, 0.2) is 28.7 Å². The summed E-state index contributed by atoms with van der Waals surface area (Å²) in [5, 5.41) is 12.2. The predicted molar refractivity (Wildman–Crippen MR) is 82.2 cm³/mol. The minimum Gasteiger partial charge on any atom is -0.478 e. The average Bonchev–Trinajstić information content (AvgIpc) is 2.66. The van der Waals surface area contributed by atoms with Crippen LogP contribution in [0.5, 0.6) is 0 Å². The van der Waals surface area contributed by atoms with E-state index in [2.05, 4.69) is 41.2 Å². The van der Waals surface area contributed by atoms with Gasteiger partial charge in [-0.1, -0.05) is 0 Å². The van der Waals surface area contributed by atoms with Crippen LogP contribution in [0.1, 0.15) is 25.7 Å². The Balaban J connectivity index is 2.08. The number of carbonyl (C=O) groups is 1. The van der Waals surface area contributed by atoms with Crippen molar-refractivity contribution >= 4 is 38.9 Å². The summed E-state index contributed by atoms with van der Waals surface area (Å²) < 4.78 is 0.587. The summed E-state index contributed by atoms with van der Waals surface area (Å²) in [5.41, 5.74) is 2.48. The van der Waals surface area contributed by atoms with Crippen LogP contribution in [0.25, 0.3) is 0 Å². The molecule has 0 saturated carbocycles. The number of aromatic carboxylic acids is 1. The molecule has 1 heterocycles. The number of thiophene rings is 1. The molecular weight excluding hydrogens is 326 g/mol. The third-order valence-electron chi connectivity index (χ3n) is 2.88. The second kappa shape index (κ2) is 5.75. The van der Waals surface area contributed by atoms with Crippen LogP contribution in [0.3, 0.4) is 0 Å². The normalized spacial score (nSPS) is 10.5. The number of nitrogens with one attached hydrogen (secondary N) is 1. The van der Waals surface area contributed by atoms with E-state index in [9.17, 15) is 4.79 Å². The number of anilines is 1. The number of halogens is 1. The van der Waals surface area contributed by atoms with Crippen LogP contribution < -0.4 is 5.32 Å². The number of carboxylic acids is 1. The van der Waals surface area contributed by atoms with Gasteiger partial charge in [-0.05, 0) is 59.6 Å². The van der Waals surface area contributed by atoms with E-state index in [4.69, 9.17) is 5.11 Å². The first-order valence-electron chi connectivity index (χ1n) is 5.80. The van der Waals surface area contributed by atoms with Gasteiger partial charge in [0.15, 0.2) is 0 Å². The summed E-state index contributed by atoms with van der Waals surface area (Å²) in [5.74, 6) is -0.928. The van der Waals surface area contributed by atoms with Crippen LogP contribution in [0.2, 0.25) is 0 Å². The minimum absolute atomic E-state index is 0.272. The number of hydrogen-bond donors (Lipinski definition) is 2. The average molecular weight is 340 g/mol. The molecule has 2 aromatic rings. The first-order valence-corrected chi connectivity index (χ1v) is 7.41. The lowest BCUT2D eigenvalue weighted by Gasteiger charge is -2.07. The highest BCUT2D eigenvalue weighted by atomic mass is 79.9. The summed E-state index contributed by atoms with van der Waals surface area (Å²) >= 11 is 5.05. The first kappa shape index (κ1) is 14.1. The van der Waals surface area contributed by atoms with Crippen molar-refractivity contribution < 1.29 is 9.90 Å². The van der Waals surface area contributed by atoms with Gasteiger partial charge in [-0.3, -0.25) is 0 Å². The van der Waals surface area contributed by atoms with Gasteiger partial charge < -0.3 is 10.4 Å². The molecule has 2 rings (SSSR count). The SMILES string of the molecule is Cc1cc(CNc2ccc(C(=O)O)c(Br)c2)sc1C. The molecule has 0 spiro atoms. The lowest BCUT2D eigenvalue weighted by Crippen LogP contribution is -2.01. The molecule has 0 aliphatic heterocycles. The van der Waals surface area contributed by atoms with E-state index in [0.29, 0.717) is 4.47 Å². The second-order valence-corrected chi connectivity index (χ2v) is 6.50. The van der Waals surface area contributed by atoms with Crippen LogP contribution >= 0.6 is 27.3 Å². The number of rotatable bonds is 4. The molecule has 0 saturated heterocycles. The third-order valence-corrected chi connectivity index (χ3v) is 4.69. The van der Waals surface area contributed by atoms with E-state index >= 15 is 0 Å². The number of hydrogen-bond acceptors (Lipinski definition) is 3. The lowest BCUT2D eigenvalue weighted by molar-refractivity contribution is 0.0696. The summed E-state index contributed by atoms with van der Waals surface area (Å²) in [6.07, 6.45) is 0. The maximum Gasteiger partial charge on any atom is 0.336 e. The molecule has 2 N–H and O–H groups in total. The minimum atomic E-state index is -0.928. The van der Waals surface area contributed by atoms with E-state index in [0.717, 1.165) is 12.2 Å². The molecule has 0 fully saturated rings. The molecule has 0 unspecified atom stereocenters. The Kier molecular flexibility index (Phi) is 4.27. The zero-order valence-corrected chi connectivity index (χ0v) is 13.1. The summed E-state index contributed by atoms with van der Waals surface area (Å²) in [4.78, 5) is 13.5. The first-order chi connectivity index (χ1) is 8.97. The van der Waals surface area contributed by atoms with Gasteiger partial charge in [-0.2, -0.15) is 0 Å². The van der Waals surface area contributed by atoms with Crippen LogP contribution in [0, 0.1) is 13.8 Å². The zero-order chi connectivity index (χ0) is 14.0. The molecule has 1 aromatic heterocycles. The van der Waals surface area contributed by atoms with Crippen LogP contribution in [-0.4, -0.2) is 11.1 Å². The topological polar surface area (TPSA) is 49.3 Å². The molecule has 1 aromatic carbocycles. The quantitative estimate of drug-likeness (QED) is 0.865. The van der Waals surface area contributed by atoms with E-state index < -0.39 is 5.97 Å². The molecule has 0 atom stereocenters. The van der Waals surface area contributed by atoms with Crippen molar-refractivity contribution in [2.24, 2.45) is 0 Å². The maximum atomic E-state index is 10.9. The Morgan fingerprint density at radius 2 is 2.11 bits per heavy atom. The van der Waals surface area contributed by atoms with Gasteiger partial charge in [0.25, 0.3) is 0 Å². The Morgan fingerprint density at radius 3 is 2.63 bits per heavy atom. The van der Waals surface area contributed by atoms with E-state index in [1.165, 1.54) is 15.3 Å². The number of aryl methyl sites for hydroxylation is 2. The fourth-order valence-electron chi connectivity index (χ4n) is 1.72. The molecule has 3 nitrogen and oxygen atoms in total. The number of carboxylic acid groups (broad SMARTS) is 1. The molecule has 5 heteroatoms. The fraction of sp³-hybridized carbons (Fsp3) is 0.214. The summed E-state index contributed by atoms with van der Waals surface area (Å²) in [6.45, 7) is 4.97. The molecular formula is C14H14BrNO2S. The van der Waals surface area contributed by atoms with Gasteiger partial charge in [0.2, 0.25) is 0 Å². The highest BCUT2D eigenvalue weighted by Gasteiger charge is 2.08. The smallest absolute Gasteiger partial charge is 0.336 e. The van der Waals surface area contributed by atoms with Crippen molar-refractivity contribution in [3.63, 3.8) is 0 Å². The molecule has 100 valence electrons. The summed E-state index contributed by atoms with van der Waals surface area (Å²) in [7, 11) is 0. The molecule has 0 radical (unpaired) electrons. The van der Waals surface area contributed by atoms with Gasteiger partial charge in [-0.25, -0.2) is 4.79 Å². The van der Waals surface area contributed by atoms with Crippen molar-refractivity contribution in [1.82, 2.24) is 0 Å². The van der Waals surface area contributed by atoms with Crippen LogP contribution in [-0.2, 0) is 6.54 Å². The van der Waals surface area contributed by atoms with Crippen LogP contribution in [0.4, 0.5) is 5.69 Å². The van der Waals surface area contributed by atoms with Crippen molar-refractivity contribution in [1.29, 1.82) is 0 Å². The molecule has 0 amide bonds. The van der Waals surface area contributed by atoms with Gasteiger partial charge in [-0.15, -0.1) is 11.3 Å². The van der Waals surface area contributed by atoms with Gasteiger partial charge in [0.05, 0.1) is 5.56 Å². The molecule has 0 aliphatic rings. The van der Waals surface area contributed by atoms with E-state index in [1.807, 2.05) is 0 Å². The Labute approximate surface area is 124 Å².